The van der Waals surface area contributed by atoms with Gasteiger partial charge in [0, 0.05) is 17.6 Å². The van der Waals surface area contributed by atoms with E-state index in [2.05, 4.69) is 18.1 Å². The zero-order valence-electron chi connectivity index (χ0n) is 18.0. The van der Waals surface area contributed by atoms with Crippen molar-refractivity contribution in [3.8, 4) is 5.69 Å². The fraction of sp³-hybridized carbons (Fsp3) is 0.115. The number of nitrogens with zero attached hydrogens (tertiary/aromatic N) is 3. The van der Waals surface area contributed by atoms with Crippen molar-refractivity contribution < 1.29 is 4.79 Å². The summed E-state index contributed by atoms with van der Waals surface area (Å²) >= 11 is 0. The monoisotopic (exact) mass is 424 g/mol. The number of rotatable bonds is 3. The number of hydrogen-bond donors (Lipinski definition) is 1. The number of pyridine rings is 2. The van der Waals surface area contributed by atoms with Gasteiger partial charge in [0.2, 0.25) is 0 Å². The van der Waals surface area contributed by atoms with Crippen LogP contribution in [-0.4, -0.2) is 20.1 Å². The van der Waals surface area contributed by atoms with E-state index in [4.69, 9.17) is 5.73 Å². The van der Waals surface area contributed by atoms with Gasteiger partial charge in [0.1, 0.15) is 0 Å². The highest BCUT2D eigenvalue weighted by Gasteiger charge is 2.11. The van der Waals surface area contributed by atoms with Crippen molar-refractivity contribution in [2.24, 2.45) is 5.73 Å². The molecule has 0 bridgehead atoms. The van der Waals surface area contributed by atoms with Crippen LogP contribution in [0, 0.1) is 6.92 Å². The first-order chi connectivity index (χ1) is 15.5. The Morgan fingerprint density at radius 2 is 1.75 bits per heavy atom. The molecular formula is C26H24N4O2. The van der Waals surface area contributed by atoms with Gasteiger partial charge in [-0.05, 0) is 54.6 Å². The fourth-order valence-corrected chi connectivity index (χ4v) is 3.83. The molecule has 0 aliphatic carbocycles. The van der Waals surface area contributed by atoms with Crippen LogP contribution in [0.1, 0.15) is 28.5 Å². The number of aromatic nitrogens is 3. The van der Waals surface area contributed by atoms with Gasteiger partial charge in [-0.15, -0.1) is 0 Å². The van der Waals surface area contributed by atoms with Crippen LogP contribution < -0.4 is 11.3 Å². The first-order valence-electron chi connectivity index (χ1n) is 10.4. The van der Waals surface area contributed by atoms with Crippen molar-refractivity contribution in [3.05, 3.63) is 112 Å². The van der Waals surface area contributed by atoms with Crippen molar-refractivity contribution in [2.45, 2.75) is 20.3 Å². The summed E-state index contributed by atoms with van der Waals surface area (Å²) in [6.07, 6.45) is 4.06. The first kappa shape index (κ1) is 21.1. The number of primary amides is 1. The first-order valence-corrected chi connectivity index (χ1v) is 10.4. The van der Waals surface area contributed by atoms with Crippen LogP contribution >= 0.6 is 0 Å². The third-order valence-electron chi connectivity index (χ3n) is 5.40. The summed E-state index contributed by atoms with van der Waals surface area (Å²) in [6.45, 7) is 4.07. The zero-order chi connectivity index (χ0) is 22.7. The molecule has 0 radical (unpaired) electrons. The number of carbonyl (C=O) groups is 1. The van der Waals surface area contributed by atoms with Crippen LogP contribution in [0.15, 0.2) is 90.0 Å². The van der Waals surface area contributed by atoms with Crippen molar-refractivity contribution in [3.63, 3.8) is 0 Å². The largest absolute Gasteiger partial charge is 0.365 e. The van der Waals surface area contributed by atoms with Gasteiger partial charge in [0.05, 0.1) is 22.7 Å². The number of benzene rings is 2. The summed E-state index contributed by atoms with van der Waals surface area (Å²) in [6, 6.07) is 23.4. The molecule has 2 N–H and O–H groups in total. The Bertz CT molecular complexity index is 1470. The summed E-state index contributed by atoms with van der Waals surface area (Å²) in [5.74, 6) is -0.448. The quantitative estimate of drug-likeness (QED) is 0.469. The van der Waals surface area contributed by atoms with Gasteiger partial charge in [-0.3, -0.25) is 14.2 Å². The van der Waals surface area contributed by atoms with E-state index in [9.17, 15) is 9.59 Å². The topological polar surface area (TPSA) is 82.4 Å². The van der Waals surface area contributed by atoms with E-state index in [1.165, 1.54) is 6.20 Å². The second kappa shape index (κ2) is 8.89. The van der Waals surface area contributed by atoms with Crippen molar-refractivity contribution in [2.75, 3.05) is 0 Å². The minimum atomic E-state index is -0.448. The molecule has 160 valence electrons. The Balaban J connectivity index is 0.000000174. The van der Waals surface area contributed by atoms with Crippen LogP contribution in [0.5, 0.6) is 0 Å². The van der Waals surface area contributed by atoms with Gasteiger partial charge in [-0.2, -0.15) is 5.10 Å². The van der Waals surface area contributed by atoms with E-state index in [0.29, 0.717) is 5.56 Å². The van der Waals surface area contributed by atoms with Gasteiger partial charge < -0.3 is 5.73 Å². The molecule has 3 heterocycles. The Hall–Kier alpha value is -4.19. The van der Waals surface area contributed by atoms with Gasteiger partial charge in [0.15, 0.2) is 0 Å². The molecule has 6 heteroatoms. The lowest BCUT2D eigenvalue weighted by Crippen LogP contribution is -2.22. The van der Waals surface area contributed by atoms with Gasteiger partial charge >= 0.3 is 0 Å². The van der Waals surface area contributed by atoms with Gasteiger partial charge in [-0.1, -0.05) is 49.4 Å². The van der Waals surface area contributed by atoms with E-state index in [1.54, 1.807) is 16.8 Å². The highest BCUT2D eigenvalue weighted by molar-refractivity contribution is 5.99. The Morgan fingerprint density at radius 3 is 2.47 bits per heavy atom. The lowest BCUT2D eigenvalue weighted by Gasteiger charge is -2.14. The summed E-state index contributed by atoms with van der Waals surface area (Å²) < 4.78 is 3.44. The second-order valence-electron chi connectivity index (χ2n) is 7.46. The molecular weight excluding hydrogens is 400 g/mol. The molecule has 2 aromatic carbocycles. The van der Waals surface area contributed by atoms with Crippen molar-refractivity contribution in [1.29, 1.82) is 0 Å². The number of aryl methyl sites for hydroxylation is 2. The smallest absolute Gasteiger partial charge is 0.263 e. The van der Waals surface area contributed by atoms with Gasteiger partial charge in [-0.25, -0.2) is 4.52 Å². The molecule has 5 rings (SSSR count). The minimum absolute atomic E-state index is 0.0728. The molecule has 6 nitrogen and oxygen atoms in total. The average Bonchev–Trinajstić information content (AvgIpc) is 3.24. The molecule has 5 aromatic rings. The Morgan fingerprint density at radius 1 is 1.00 bits per heavy atom. The number of fused-ring (bicyclic) bond motifs is 2. The third-order valence-corrected chi connectivity index (χ3v) is 5.40. The lowest BCUT2D eigenvalue weighted by atomic mass is 10.1. The maximum Gasteiger partial charge on any atom is 0.263 e. The van der Waals surface area contributed by atoms with E-state index < -0.39 is 5.91 Å². The maximum atomic E-state index is 12.9. The van der Waals surface area contributed by atoms with Crippen molar-refractivity contribution in [1.82, 2.24) is 14.2 Å². The molecule has 1 amide bonds. The molecule has 0 atom stereocenters. The predicted molar refractivity (Wildman–Crippen MR) is 127 cm³/mol. The standard InChI is InChI=1S/C18H17NO.C8H7N3O/c1-3-15-12-14-9-7-8-13(2)17(14)18(20)19(15)16-10-5-4-6-11-16;9-8(12)6-5-10-11-4-2-1-3-7(6)11/h4-12H,3H2,1-2H3;1-5H,(H2,9,12). The second-order valence-corrected chi connectivity index (χ2v) is 7.46. The lowest BCUT2D eigenvalue weighted by molar-refractivity contribution is 0.100. The SMILES string of the molecule is CCc1cc2cccc(C)c2c(=O)n1-c1ccccc1.NC(=O)c1cnn2ccccc12. The highest BCUT2D eigenvalue weighted by Crippen LogP contribution is 2.19. The molecule has 32 heavy (non-hydrogen) atoms. The van der Waals surface area contributed by atoms with Crippen LogP contribution in [0.25, 0.3) is 22.0 Å². The van der Waals surface area contributed by atoms with E-state index in [1.807, 2.05) is 72.2 Å². The number of hydrogen-bond acceptors (Lipinski definition) is 3. The predicted octanol–water partition coefficient (Wildman–Crippen LogP) is 4.29. The zero-order valence-corrected chi connectivity index (χ0v) is 18.0. The molecule has 0 fully saturated rings. The number of carbonyl (C=O) groups excluding carboxylic acids is 1. The Labute approximate surface area is 185 Å². The van der Waals surface area contributed by atoms with Crippen molar-refractivity contribution >= 4 is 22.2 Å². The molecule has 0 aliphatic rings. The third kappa shape index (κ3) is 3.90. The summed E-state index contributed by atoms with van der Waals surface area (Å²) in [5, 5.41) is 5.80. The molecule has 0 saturated carbocycles. The fourth-order valence-electron chi connectivity index (χ4n) is 3.83. The van der Waals surface area contributed by atoms with Crippen LogP contribution in [0.2, 0.25) is 0 Å². The van der Waals surface area contributed by atoms with Crippen LogP contribution in [0.3, 0.4) is 0 Å². The normalized spacial score (nSPS) is 10.7. The summed E-state index contributed by atoms with van der Waals surface area (Å²) in [4.78, 5) is 23.7. The molecule has 0 saturated heterocycles. The number of amides is 1. The molecule has 3 aromatic heterocycles. The van der Waals surface area contributed by atoms with E-state index in [0.717, 1.165) is 39.7 Å². The van der Waals surface area contributed by atoms with Crippen LogP contribution in [-0.2, 0) is 6.42 Å². The van der Waals surface area contributed by atoms with Crippen LogP contribution in [0.4, 0.5) is 0 Å². The number of para-hydroxylation sites is 1. The van der Waals surface area contributed by atoms with Gasteiger partial charge in [0.25, 0.3) is 11.5 Å². The summed E-state index contributed by atoms with van der Waals surface area (Å²) in [5.41, 5.74) is 9.40. The molecule has 0 spiro atoms. The summed E-state index contributed by atoms with van der Waals surface area (Å²) in [7, 11) is 0. The maximum absolute atomic E-state index is 12.9. The minimum Gasteiger partial charge on any atom is -0.365 e. The Kier molecular flexibility index (Phi) is 5.85. The highest BCUT2D eigenvalue weighted by atomic mass is 16.1. The van der Waals surface area contributed by atoms with E-state index >= 15 is 0 Å². The molecule has 0 unspecified atom stereocenters. The molecule has 0 aliphatic heterocycles. The average molecular weight is 425 g/mol. The van der Waals surface area contributed by atoms with E-state index in [-0.39, 0.29) is 5.56 Å². The number of nitrogens with two attached hydrogens (primary N) is 1.